The van der Waals surface area contributed by atoms with Gasteiger partial charge < -0.3 is 14.6 Å². The van der Waals surface area contributed by atoms with Crippen LogP contribution in [0.15, 0.2) is 40.6 Å². The van der Waals surface area contributed by atoms with E-state index in [0.717, 1.165) is 7.11 Å². The fourth-order valence-corrected chi connectivity index (χ4v) is 4.01. The van der Waals surface area contributed by atoms with Gasteiger partial charge in [-0.15, -0.1) is 0 Å². The normalized spacial score (nSPS) is 13.7. The average molecular weight is 521 g/mol. The van der Waals surface area contributed by atoms with Crippen molar-refractivity contribution in [1.82, 2.24) is 0 Å². The maximum absolute atomic E-state index is 13.5. The van der Waals surface area contributed by atoms with Gasteiger partial charge in [-0.25, -0.2) is 4.79 Å². The summed E-state index contributed by atoms with van der Waals surface area (Å²) >= 11 is 0.210. The van der Waals surface area contributed by atoms with Crippen LogP contribution >= 0.6 is 11.8 Å². The number of aliphatic carboxylic acids is 1. The first-order valence-electron chi connectivity index (χ1n) is 10.4. The first-order valence-corrected chi connectivity index (χ1v) is 11.4. The highest BCUT2D eigenvalue weighted by atomic mass is 32.2. The Morgan fingerprint density at radius 3 is 2.08 bits per heavy atom. The molecule has 192 valence electrons. The fraction of sp³-hybridized carbons (Fsp3) is 0.476. The topological polar surface area (TPSA) is 222 Å². The molecule has 0 aliphatic carbocycles. The van der Waals surface area contributed by atoms with E-state index in [4.69, 9.17) is 20.9 Å². The molecule has 0 saturated carbocycles. The van der Waals surface area contributed by atoms with Gasteiger partial charge in [0.05, 0.1) is 13.0 Å². The molecule has 1 N–H and O–H groups in total. The molecule has 0 aromatic heterocycles. The number of esters is 2. The van der Waals surface area contributed by atoms with Crippen molar-refractivity contribution in [2.45, 2.75) is 32.5 Å². The molecule has 0 heterocycles. The summed E-state index contributed by atoms with van der Waals surface area (Å²) in [6.45, 7) is 2.90. The van der Waals surface area contributed by atoms with E-state index in [9.17, 15) is 24.0 Å². The Kier molecular flexibility index (Phi) is 12.5. The lowest BCUT2D eigenvalue weighted by Gasteiger charge is -2.29. The fourth-order valence-electron chi connectivity index (χ4n) is 3.24. The molecular formula is C21H24N6O8S. The van der Waals surface area contributed by atoms with Crippen LogP contribution < -0.4 is 0 Å². The number of carboxylic acids is 1. The summed E-state index contributed by atoms with van der Waals surface area (Å²) < 4.78 is 9.88. The second-order valence-corrected chi connectivity index (χ2v) is 8.59. The molecule has 0 aliphatic heterocycles. The van der Waals surface area contributed by atoms with Crippen LogP contribution in [-0.4, -0.2) is 58.9 Å². The minimum absolute atomic E-state index is 0.172. The van der Waals surface area contributed by atoms with Crippen LogP contribution in [0.1, 0.15) is 19.4 Å². The van der Waals surface area contributed by atoms with Gasteiger partial charge in [0.15, 0.2) is 0 Å². The molecule has 36 heavy (non-hydrogen) atoms. The highest BCUT2D eigenvalue weighted by Gasteiger charge is 2.44. The SMILES string of the molecule is COC(=O)[C@H](CSC(=O)C(=O)O)C(N=[N+]=[N-])C(=O)[C@@H](C(C)C)C(N=[N+]=[N-])C(=O)OCc1ccccc1. The van der Waals surface area contributed by atoms with Gasteiger partial charge in [0, 0.05) is 21.5 Å². The minimum Gasteiger partial charge on any atom is -0.475 e. The minimum atomic E-state index is -1.80. The number of methoxy groups -OCH3 is 1. The summed E-state index contributed by atoms with van der Waals surface area (Å²) in [4.78, 5) is 66.4. The van der Waals surface area contributed by atoms with E-state index in [1.54, 1.807) is 30.3 Å². The maximum Gasteiger partial charge on any atom is 0.383 e. The van der Waals surface area contributed by atoms with E-state index >= 15 is 0 Å². The highest BCUT2D eigenvalue weighted by molar-refractivity contribution is 8.15. The third kappa shape index (κ3) is 8.62. The van der Waals surface area contributed by atoms with Crippen LogP contribution in [0.25, 0.3) is 20.9 Å². The number of rotatable bonds is 13. The van der Waals surface area contributed by atoms with Crippen molar-refractivity contribution < 1.29 is 38.6 Å². The summed E-state index contributed by atoms with van der Waals surface area (Å²) in [7, 11) is 0.986. The second-order valence-electron chi connectivity index (χ2n) is 7.60. The van der Waals surface area contributed by atoms with E-state index in [2.05, 4.69) is 24.8 Å². The molecular weight excluding hydrogens is 496 g/mol. The Bertz CT molecular complexity index is 1070. The number of benzene rings is 1. The first kappa shape index (κ1) is 30.0. The highest BCUT2D eigenvalue weighted by Crippen LogP contribution is 2.28. The van der Waals surface area contributed by atoms with E-state index < -0.39 is 64.4 Å². The molecule has 0 saturated heterocycles. The number of carbonyl (C=O) groups is 5. The molecule has 0 bridgehead atoms. The van der Waals surface area contributed by atoms with Crippen molar-refractivity contribution in [2.24, 2.45) is 28.0 Å². The monoisotopic (exact) mass is 520 g/mol. The van der Waals surface area contributed by atoms with Crippen LogP contribution in [0.2, 0.25) is 0 Å². The molecule has 1 aromatic rings. The zero-order valence-electron chi connectivity index (χ0n) is 19.6. The number of hydrogen-bond donors (Lipinski definition) is 1. The molecule has 14 nitrogen and oxygen atoms in total. The third-order valence-corrected chi connectivity index (χ3v) is 5.91. The Morgan fingerprint density at radius 2 is 1.58 bits per heavy atom. The number of hydrogen-bond acceptors (Lipinski definition) is 10. The summed E-state index contributed by atoms with van der Waals surface area (Å²) in [5.41, 5.74) is 18.7. The van der Waals surface area contributed by atoms with Gasteiger partial charge in [0.2, 0.25) is 0 Å². The predicted molar refractivity (Wildman–Crippen MR) is 126 cm³/mol. The molecule has 1 rings (SSSR count). The summed E-state index contributed by atoms with van der Waals surface area (Å²) in [6.07, 6.45) is 0. The molecule has 0 spiro atoms. The lowest BCUT2D eigenvalue weighted by atomic mass is 9.79. The van der Waals surface area contributed by atoms with Gasteiger partial charge in [-0.05, 0) is 22.5 Å². The van der Waals surface area contributed by atoms with Crippen LogP contribution in [0, 0.1) is 17.8 Å². The van der Waals surface area contributed by atoms with Gasteiger partial charge in [-0.2, -0.15) is 0 Å². The molecule has 15 heteroatoms. The van der Waals surface area contributed by atoms with Gasteiger partial charge in [0.25, 0.3) is 5.12 Å². The number of carboxylic acid groups (broad SMARTS) is 1. The van der Waals surface area contributed by atoms with Crippen LogP contribution in [0.4, 0.5) is 0 Å². The molecule has 0 aliphatic rings. The van der Waals surface area contributed by atoms with Crippen molar-refractivity contribution in [3.8, 4) is 0 Å². The number of azide groups is 2. The van der Waals surface area contributed by atoms with E-state index in [1.165, 1.54) is 13.8 Å². The lowest BCUT2D eigenvalue weighted by molar-refractivity contribution is -0.152. The maximum atomic E-state index is 13.5. The van der Waals surface area contributed by atoms with Crippen LogP contribution in [0.5, 0.6) is 0 Å². The van der Waals surface area contributed by atoms with E-state index in [0.29, 0.717) is 5.56 Å². The van der Waals surface area contributed by atoms with Gasteiger partial charge in [-0.1, -0.05) is 66.2 Å². The van der Waals surface area contributed by atoms with Crippen molar-refractivity contribution >= 4 is 40.6 Å². The zero-order valence-corrected chi connectivity index (χ0v) is 20.4. The molecule has 0 radical (unpaired) electrons. The quantitative estimate of drug-likeness (QED) is 0.132. The van der Waals surface area contributed by atoms with Crippen molar-refractivity contribution in [3.63, 3.8) is 0 Å². The number of nitrogens with zero attached hydrogens (tertiary/aromatic N) is 6. The Balaban J connectivity index is 3.34. The number of Topliss-reactive ketones (excluding diaryl/α,β-unsaturated/α-hetero) is 1. The number of thioether (sulfide) groups is 1. The second kappa shape index (κ2) is 15.0. The zero-order chi connectivity index (χ0) is 27.3. The smallest absolute Gasteiger partial charge is 0.383 e. The standard InChI is InChI=1S/C21H24N6O8S/c1-11(2)14(16(25-27-23)20(32)35-9-12-7-5-4-6-8-12)17(28)15(24-26-22)13(19(31)34-3)10-36-21(33)18(29)30/h4-8,11,13-16H,9-10H2,1-3H3,(H,29,30)/t13-,14+,15?,16?/m1/s1. The van der Waals surface area contributed by atoms with Crippen molar-refractivity contribution in [2.75, 3.05) is 12.9 Å². The van der Waals surface area contributed by atoms with Crippen LogP contribution in [0.3, 0.4) is 0 Å². The summed E-state index contributed by atoms with van der Waals surface area (Å²) in [5, 5.41) is 14.3. The number of carbonyl (C=O) groups excluding carboxylic acids is 4. The first-order chi connectivity index (χ1) is 17.1. The molecule has 1 aromatic carbocycles. The third-order valence-electron chi connectivity index (χ3n) is 4.95. The summed E-state index contributed by atoms with van der Waals surface area (Å²) in [5.74, 6) is -9.00. The number of ketones is 1. The summed E-state index contributed by atoms with van der Waals surface area (Å²) in [6, 6.07) is 5.11. The van der Waals surface area contributed by atoms with E-state index in [1.807, 2.05) is 0 Å². The average Bonchev–Trinajstić information content (AvgIpc) is 2.86. The molecule has 0 fully saturated rings. The van der Waals surface area contributed by atoms with Crippen molar-refractivity contribution in [1.29, 1.82) is 0 Å². The van der Waals surface area contributed by atoms with E-state index in [-0.39, 0.29) is 18.4 Å². The Hall–Kier alpha value is -4.06. The largest absolute Gasteiger partial charge is 0.475 e. The molecule has 4 atom stereocenters. The lowest BCUT2D eigenvalue weighted by Crippen LogP contribution is -2.46. The van der Waals surface area contributed by atoms with Gasteiger partial charge in [-0.3, -0.25) is 19.2 Å². The molecule has 2 unspecified atom stereocenters. The van der Waals surface area contributed by atoms with Crippen LogP contribution in [-0.2, 0) is 40.1 Å². The van der Waals surface area contributed by atoms with Gasteiger partial charge >= 0.3 is 17.9 Å². The van der Waals surface area contributed by atoms with Gasteiger partial charge in [0.1, 0.15) is 24.5 Å². The Morgan fingerprint density at radius 1 is 1.00 bits per heavy atom. The number of ether oxygens (including phenoxy) is 2. The molecule has 0 amide bonds. The van der Waals surface area contributed by atoms with Crippen molar-refractivity contribution in [3.05, 3.63) is 56.8 Å². The Labute approximate surface area is 209 Å². The predicted octanol–water partition coefficient (Wildman–Crippen LogP) is 3.06.